The summed E-state index contributed by atoms with van der Waals surface area (Å²) in [4.78, 5) is 42.2. The molecule has 0 bridgehead atoms. The number of aliphatic hydroxyl groups is 1. The van der Waals surface area contributed by atoms with Crippen LogP contribution in [-0.4, -0.2) is 64.9 Å². The van der Waals surface area contributed by atoms with Crippen LogP contribution in [0.1, 0.15) is 43.5 Å². The smallest absolute Gasteiger partial charge is 0.408 e. The van der Waals surface area contributed by atoms with Crippen molar-refractivity contribution >= 4 is 23.6 Å². The number of alkyl carbamates (subject to hydrolysis) is 1. The van der Waals surface area contributed by atoms with Gasteiger partial charge < -0.3 is 35.2 Å². The zero-order valence-electron chi connectivity index (χ0n) is 24.7. The Labute approximate surface area is 251 Å². The minimum Gasteiger partial charge on any atom is -0.508 e. The molecule has 2 unspecified atom stereocenters. The fourth-order valence-electron chi connectivity index (χ4n) is 4.31. The van der Waals surface area contributed by atoms with Crippen LogP contribution in [0, 0.1) is 12.3 Å². The first-order valence-electron chi connectivity index (χ1n) is 13.6. The molecule has 0 saturated carbocycles. The van der Waals surface area contributed by atoms with E-state index in [-0.39, 0.29) is 18.7 Å². The summed E-state index contributed by atoms with van der Waals surface area (Å²) in [6, 6.07) is 17.0. The minimum absolute atomic E-state index is 0.0170. The van der Waals surface area contributed by atoms with Crippen LogP contribution >= 0.6 is 0 Å². The molecule has 0 aliphatic carbocycles. The molecule has 3 aromatic rings. The Morgan fingerprint density at radius 1 is 0.977 bits per heavy atom. The number of carbonyl (C=O) groups is 3. The van der Waals surface area contributed by atoms with Crippen molar-refractivity contribution in [3.05, 3.63) is 89.5 Å². The molecule has 0 fully saturated rings. The maximum absolute atomic E-state index is 14.3. The normalized spacial score (nSPS) is 12.3. The number of anilines is 1. The first-order valence-corrected chi connectivity index (χ1v) is 13.6. The van der Waals surface area contributed by atoms with E-state index < -0.39 is 42.2 Å². The molecule has 4 N–H and O–H groups in total. The number of aliphatic hydroxyl groups excluding tert-OH is 1. The van der Waals surface area contributed by atoms with Crippen LogP contribution in [0.2, 0.25) is 0 Å². The van der Waals surface area contributed by atoms with Gasteiger partial charge in [-0.15, -0.1) is 6.42 Å². The van der Waals surface area contributed by atoms with Gasteiger partial charge in [-0.25, -0.2) is 4.79 Å². The highest BCUT2D eigenvalue weighted by Gasteiger charge is 2.36. The third-order valence-corrected chi connectivity index (χ3v) is 6.30. The van der Waals surface area contributed by atoms with Gasteiger partial charge in [0.05, 0.1) is 13.7 Å². The van der Waals surface area contributed by atoms with Gasteiger partial charge in [0.15, 0.2) is 0 Å². The third-order valence-electron chi connectivity index (χ3n) is 6.30. The van der Waals surface area contributed by atoms with Crippen molar-refractivity contribution in [1.29, 1.82) is 0 Å². The van der Waals surface area contributed by atoms with Gasteiger partial charge in [-0.2, -0.15) is 0 Å². The highest BCUT2D eigenvalue weighted by molar-refractivity contribution is 5.99. The molecule has 10 nitrogen and oxygen atoms in total. The number of aromatic hydroxyl groups is 1. The lowest BCUT2D eigenvalue weighted by Crippen LogP contribution is -2.53. The zero-order valence-corrected chi connectivity index (χ0v) is 24.7. The number of rotatable bonds is 11. The Hall–Kier alpha value is -5.01. The number of benzene rings is 3. The number of terminal acetylenes is 1. The SMILES string of the molecule is C#Cc1ccc(C(C(=O)Nc2ccc(OC)cc2)N(CCO)C(=O)C(Cc2ccc(O)cc2)NC(=O)OC(C)(C)C)cc1. The fourth-order valence-corrected chi connectivity index (χ4v) is 4.31. The van der Waals surface area contributed by atoms with Crippen molar-refractivity contribution in [2.75, 3.05) is 25.6 Å². The number of hydrogen-bond donors (Lipinski definition) is 4. The number of nitrogens with one attached hydrogen (secondary N) is 2. The summed E-state index contributed by atoms with van der Waals surface area (Å²) >= 11 is 0. The van der Waals surface area contributed by atoms with Crippen molar-refractivity contribution in [2.45, 2.75) is 44.9 Å². The molecule has 43 heavy (non-hydrogen) atoms. The second kappa shape index (κ2) is 14.8. The molecule has 3 aromatic carbocycles. The quantitative estimate of drug-likeness (QED) is 0.249. The Kier molecular flexibility index (Phi) is 11.2. The summed E-state index contributed by atoms with van der Waals surface area (Å²) < 4.78 is 10.6. The summed E-state index contributed by atoms with van der Waals surface area (Å²) in [5, 5.41) is 25.2. The summed E-state index contributed by atoms with van der Waals surface area (Å²) in [7, 11) is 1.53. The van der Waals surface area contributed by atoms with E-state index in [1.54, 1.807) is 81.4 Å². The van der Waals surface area contributed by atoms with E-state index in [0.717, 1.165) is 0 Å². The first kappa shape index (κ1) is 32.5. The molecule has 226 valence electrons. The summed E-state index contributed by atoms with van der Waals surface area (Å²) in [6.07, 6.45) is 4.71. The largest absolute Gasteiger partial charge is 0.508 e. The van der Waals surface area contributed by atoms with Gasteiger partial charge in [-0.05, 0) is 80.4 Å². The molecule has 0 heterocycles. The molecule has 3 rings (SSSR count). The average Bonchev–Trinajstić information content (AvgIpc) is 2.97. The van der Waals surface area contributed by atoms with Crippen LogP contribution in [0.4, 0.5) is 10.5 Å². The maximum atomic E-state index is 14.3. The van der Waals surface area contributed by atoms with Crippen LogP contribution in [0.25, 0.3) is 0 Å². The Bertz CT molecular complexity index is 1420. The Morgan fingerprint density at radius 3 is 2.14 bits per heavy atom. The maximum Gasteiger partial charge on any atom is 0.408 e. The molecule has 0 saturated heterocycles. The lowest BCUT2D eigenvalue weighted by Gasteiger charge is -2.34. The van der Waals surface area contributed by atoms with E-state index in [2.05, 4.69) is 16.6 Å². The number of hydrogen-bond acceptors (Lipinski definition) is 7. The van der Waals surface area contributed by atoms with E-state index >= 15 is 0 Å². The Morgan fingerprint density at radius 2 is 1.60 bits per heavy atom. The lowest BCUT2D eigenvalue weighted by atomic mass is 9.99. The van der Waals surface area contributed by atoms with Crippen LogP contribution in [0.15, 0.2) is 72.8 Å². The van der Waals surface area contributed by atoms with E-state index in [1.165, 1.54) is 24.1 Å². The van der Waals surface area contributed by atoms with Crippen LogP contribution in [-0.2, 0) is 20.7 Å². The highest BCUT2D eigenvalue weighted by atomic mass is 16.6. The van der Waals surface area contributed by atoms with Crippen molar-refractivity contribution in [3.8, 4) is 23.8 Å². The standard InChI is InChI=1S/C33H37N3O7/c1-6-22-7-11-24(12-8-22)29(30(39)34-25-13-17-27(42-5)18-14-25)36(19-20-37)31(40)28(35-32(41)43-33(2,3)4)21-23-9-15-26(38)16-10-23/h1,7-18,28-29,37-38H,19-21H2,2-5H3,(H,34,39)(H,35,41). The fraction of sp³-hybridized carbons (Fsp3) is 0.303. The molecule has 0 spiro atoms. The number of phenolic OH excluding ortho intramolecular Hbond substituents is 1. The van der Waals surface area contributed by atoms with Gasteiger partial charge in [0.25, 0.3) is 5.91 Å². The minimum atomic E-state index is -1.21. The average molecular weight is 588 g/mol. The molecule has 0 aliphatic rings. The van der Waals surface area contributed by atoms with Gasteiger partial charge in [0, 0.05) is 24.2 Å². The predicted molar refractivity (Wildman–Crippen MR) is 163 cm³/mol. The molecule has 0 radical (unpaired) electrons. The van der Waals surface area contributed by atoms with Gasteiger partial charge in [0.1, 0.15) is 29.2 Å². The predicted octanol–water partition coefficient (Wildman–Crippen LogP) is 4.02. The number of phenols is 1. The number of nitrogens with zero attached hydrogens (tertiary/aromatic N) is 1. The van der Waals surface area contributed by atoms with Crippen molar-refractivity contribution in [3.63, 3.8) is 0 Å². The van der Waals surface area contributed by atoms with Crippen LogP contribution in [0.3, 0.4) is 0 Å². The number of methoxy groups -OCH3 is 1. The molecule has 10 heteroatoms. The van der Waals surface area contributed by atoms with Gasteiger partial charge >= 0.3 is 6.09 Å². The van der Waals surface area contributed by atoms with Gasteiger partial charge in [-0.3, -0.25) is 9.59 Å². The topological polar surface area (TPSA) is 137 Å². The Balaban J connectivity index is 2.04. The van der Waals surface area contributed by atoms with E-state index in [1.807, 2.05) is 0 Å². The number of amides is 3. The second-order valence-corrected chi connectivity index (χ2v) is 10.7. The number of carbonyl (C=O) groups excluding carboxylic acids is 3. The summed E-state index contributed by atoms with van der Waals surface area (Å²) in [5.41, 5.74) is 1.27. The van der Waals surface area contributed by atoms with Crippen LogP contribution in [0.5, 0.6) is 11.5 Å². The first-order chi connectivity index (χ1) is 20.4. The molecular weight excluding hydrogens is 550 g/mol. The van der Waals surface area contributed by atoms with Gasteiger partial charge in [0.2, 0.25) is 5.91 Å². The van der Waals surface area contributed by atoms with Crippen molar-refractivity contribution in [2.24, 2.45) is 0 Å². The molecule has 2 atom stereocenters. The lowest BCUT2D eigenvalue weighted by molar-refractivity contribution is -0.141. The second-order valence-electron chi connectivity index (χ2n) is 10.7. The molecular formula is C33H37N3O7. The zero-order chi connectivity index (χ0) is 31.6. The van der Waals surface area contributed by atoms with E-state index in [0.29, 0.717) is 28.1 Å². The van der Waals surface area contributed by atoms with Crippen LogP contribution < -0.4 is 15.4 Å². The molecule has 0 aromatic heterocycles. The van der Waals surface area contributed by atoms with E-state index in [9.17, 15) is 24.6 Å². The third kappa shape index (κ3) is 9.51. The summed E-state index contributed by atoms with van der Waals surface area (Å²) in [6.45, 7) is 4.40. The number of ether oxygens (including phenoxy) is 2. The van der Waals surface area contributed by atoms with E-state index in [4.69, 9.17) is 15.9 Å². The van der Waals surface area contributed by atoms with Crippen molar-refractivity contribution < 1.29 is 34.1 Å². The highest BCUT2D eigenvalue weighted by Crippen LogP contribution is 2.26. The van der Waals surface area contributed by atoms with Crippen molar-refractivity contribution in [1.82, 2.24) is 10.2 Å². The molecule has 0 aliphatic heterocycles. The summed E-state index contributed by atoms with van der Waals surface area (Å²) in [5.74, 6) is 1.98. The molecule has 3 amide bonds. The monoisotopic (exact) mass is 587 g/mol. The van der Waals surface area contributed by atoms with Gasteiger partial charge in [-0.1, -0.05) is 30.2 Å².